The van der Waals surface area contributed by atoms with E-state index in [0.717, 1.165) is 0 Å². The van der Waals surface area contributed by atoms with Gasteiger partial charge >= 0.3 is 0 Å². The van der Waals surface area contributed by atoms with Crippen molar-refractivity contribution in [1.82, 2.24) is 0 Å². The van der Waals surface area contributed by atoms with Gasteiger partial charge in [-0.2, -0.15) is 0 Å². The van der Waals surface area contributed by atoms with Gasteiger partial charge in [-0.3, -0.25) is 0 Å². The second kappa shape index (κ2) is 5.34. The minimum absolute atomic E-state index is 0.163. The van der Waals surface area contributed by atoms with E-state index in [0.29, 0.717) is 0 Å². The molecule has 23 heavy (non-hydrogen) atoms. The number of hydrogen-bond acceptors (Lipinski definition) is 0. The molecule has 0 saturated heterocycles. The molecule has 0 N–H and O–H groups in total. The summed E-state index contributed by atoms with van der Waals surface area (Å²) in [5.74, 6) is 0. The van der Waals surface area contributed by atoms with E-state index in [1.807, 2.05) is 0 Å². The molecule has 0 bridgehead atoms. The largest absolute Gasteiger partial charge is 0.0579 e. The standard InChI is InChI=1S/C22H25Br/c1-21(2,3)16-9-7-14-11-15-8-10-17(22(4,5)6)13-19(15)20(23)18(14)12-16/h7-13H,1-6H3. The molecule has 3 aromatic rings. The normalized spacial score (nSPS) is 13.0. The molecule has 3 aromatic carbocycles. The van der Waals surface area contributed by atoms with Crippen LogP contribution in [0.4, 0.5) is 0 Å². The van der Waals surface area contributed by atoms with Crippen LogP contribution in [0.25, 0.3) is 21.5 Å². The molecule has 0 heterocycles. The molecule has 3 rings (SSSR count). The molecule has 0 radical (unpaired) electrons. The highest BCUT2D eigenvalue weighted by molar-refractivity contribution is 9.10. The summed E-state index contributed by atoms with van der Waals surface area (Å²) in [7, 11) is 0. The lowest BCUT2D eigenvalue weighted by atomic mass is 9.84. The van der Waals surface area contributed by atoms with Gasteiger partial charge in [0.25, 0.3) is 0 Å². The van der Waals surface area contributed by atoms with Crippen LogP contribution in [0.15, 0.2) is 46.9 Å². The first kappa shape index (κ1) is 16.5. The van der Waals surface area contributed by atoms with Gasteiger partial charge in [-0.15, -0.1) is 0 Å². The van der Waals surface area contributed by atoms with Crippen molar-refractivity contribution in [3.63, 3.8) is 0 Å². The summed E-state index contributed by atoms with van der Waals surface area (Å²) in [4.78, 5) is 0. The molecular formula is C22H25Br. The van der Waals surface area contributed by atoms with Crippen LogP contribution in [0.3, 0.4) is 0 Å². The fourth-order valence-electron chi connectivity index (χ4n) is 2.99. The van der Waals surface area contributed by atoms with Gasteiger partial charge < -0.3 is 0 Å². The molecule has 1 heteroatoms. The molecule has 0 atom stereocenters. The van der Waals surface area contributed by atoms with Gasteiger partial charge in [0.2, 0.25) is 0 Å². The minimum atomic E-state index is 0.163. The Kier molecular flexibility index (Phi) is 3.84. The van der Waals surface area contributed by atoms with Crippen LogP contribution in [-0.4, -0.2) is 0 Å². The summed E-state index contributed by atoms with van der Waals surface area (Å²) in [6.07, 6.45) is 0. The zero-order valence-corrected chi connectivity index (χ0v) is 16.5. The Hall–Kier alpha value is -1.34. The number of rotatable bonds is 0. The zero-order valence-electron chi connectivity index (χ0n) is 14.9. The molecule has 0 unspecified atom stereocenters. The number of halogens is 1. The molecule has 0 saturated carbocycles. The van der Waals surface area contributed by atoms with E-state index < -0.39 is 0 Å². The van der Waals surface area contributed by atoms with Crippen LogP contribution in [0, 0.1) is 0 Å². The lowest BCUT2D eigenvalue weighted by molar-refractivity contribution is 0.591. The van der Waals surface area contributed by atoms with Crippen LogP contribution < -0.4 is 0 Å². The van der Waals surface area contributed by atoms with Crippen molar-refractivity contribution in [2.75, 3.05) is 0 Å². The molecule has 0 aromatic heterocycles. The Morgan fingerprint density at radius 2 is 1.00 bits per heavy atom. The van der Waals surface area contributed by atoms with Gasteiger partial charge in [-0.1, -0.05) is 65.8 Å². The second-order valence-corrected chi connectivity index (χ2v) is 9.36. The maximum atomic E-state index is 3.88. The summed E-state index contributed by atoms with van der Waals surface area (Å²) < 4.78 is 1.21. The van der Waals surface area contributed by atoms with E-state index in [1.54, 1.807) is 0 Å². The van der Waals surface area contributed by atoms with Crippen molar-refractivity contribution < 1.29 is 0 Å². The summed E-state index contributed by atoms with van der Waals surface area (Å²) in [5, 5.41) is 5.19. The topological polar surface area (TPSA) is 0 Å². The highest BCUT2D eigenvalue weighted by atomic mass is 79.9. The van der Waals surface area contributed by atoms with Crippen molar-refractivity contribution in [2.45, 2.75) is 52.4 Å². The molecule has 0 nitrogen and oxygen atoms in total. The Labute approximate surface area is 148 Å². The molecule has 0 aliphatic carbocycles. The second-order valence-electron chi connectivity index (χ2n) is 8.56. The molecule has 0 spiro atoms. The third kappa shape index (κ3) is 3.04. The highest BCUT2D eigenvalue weighted by Gasteiger charge is 2.17. The maximum absolute atomic E-state index is 3.88. The van der Waals surface area contributed by atoms with E-state index in [4.69, 9.17) is 0 Å². The van der Waals surface area contributed by atoms with E-state index >= 15 is 0 Å². The summed E-state index contributed by atoms with van der Waals surface area (Å²) in [5.41, 5.74) is 3.07. The molecule has 120 valence electrons. The van der Waals surface area contributed by atoms with Crippen LogP contribution >= 0.6 is 15.9 Å². The van der Waals surface area contributed by atoms with Crippen LogP contribution in [0.1, 0.15) is 52.7 Å². The third-order valence-corrected chi connectivity index (χ3v) is 5.48. The van der Waals surface area contributed by atoms with Crippen LogP contribution in [-0.2, 0) is 10.8 Å². The monoisotopic (exact) mass is 368 g/mol. The Bertz CT molecular complexity index is 818. The predicted octanol–water partition coefficient (Wildman–Crippen LogP) is 7.35. The number of hydrogen-bond donors (Lipinski definition) is 0. The highest BCUT2D eigenvalue weighted by Crippen LogP contribution is 2.37. The maximum Gasteiger partial charge on any atom is 0.0332 e. The summed E-state index contributed by atoms with van der Waals surface area (Å²) in [6, 6.07) is 16.0. The fourth-order valence-corrected chi connectivity index (χ4v) is 3.68. The minimum Gasteiger partial charge on any atom is -0.0579 e. The zero-order chi connectivity index (χ0) is 17.0. The SMILES string of the molecule is CC(C)(C)c1ccc2cc3ccc(C(C)(C)C)cc3c(Br)c2c1. The van der Waals surface area contributed by atoms with Gasteiger partial charge in [0.15, 0.2) is 0 Å². The predicted molar refractivity (Wildman–Crippen MR) is 107 cm³/mol. The van der Waals surface area contributed by atoms with Crippen molar-refractivity contribution in [3.8, 4) is 0 Å². The third-order valence-electron chi connectivity index (χ3n) is 4.62. The lowest BCUT2D eigenvalue weighted by Gasteiger charge is -2.21. The molecular weight excluding hydrogens is 344 g/mol. The first-order chi connectivity index (χ1) is 10.6. The average Bonchev–Trinajstić information content (AvgIpc) is 2.45. The van der Waals surface area contributed by atoms with Crippen molar-refractivity contribution in [2.24, 2.45) is 0 Å². The molecule has 0 amide bonds. The van der Waals surface area contributed by atoms with Gasteiger partial charge in [-0.25, -0.2) is 0 Å². The Morgan fingerprint density at radius 3 is 1.35 bits per heavy atom. The van der Waals surface area contributed by atoms with E-state index in [2.05, 4.69) is 99.9 Å². The summed E-state index contributed by atoms with van der Waals surface area (Å²) >= 11 is 3.88. The molecule has 0 aliphatic heterocycles. The first-order valence-electron chi connectivity index (χ1n) is 8.24. The average molecular weight is 369 g/mol. The lowest BCUT2D eigenvalue weighted by Crippen LogP contribution is -2.11. The summed E-state index contributed by atoms with van der Waals surface area (Å²) in [6.45, 7) is 13.6. The number of fused-ring (bicyclic) bond motifs is 2. The molecule has 0 fully saturated rings. The Morgan fingerprint density at radius 1 is 0.609 bits per heavy atom. The van der Waals surface area contributed by atoms with Crippen molar-refractivity contribution in [1.29, 1.82) is 0 Å². The van der Waals surface area contributed by atoms with Gasteiger partial charge in [0.1, 0.15) is 0 Å². The van der Waals surface area contributed by atoms with E-state index in [-0.39, 0.29) is 10.8 Å². The van der Waals surface area contributed by atoms with Crippen LogP contribution in [0.2, 0.25) is 0 Å². The van der Waals surface area contributed by atoms with Gasteiger partial charge in [0.05, 0.1) is 0 Å². The Balaban J connectivity index is 2.33. The van der Waals surface area contributed by atoms with Crippen molar-refractivity contribution >= 4 is 37.5 Å². The fraction of sp³-hybridized carbons (Fsp3) is 0.364. The van der Waals surface area contributed by atoms with E-state index in [9.17, 15) is 0 Å². The van der Waals surface area contributed by atoms with E-state index in [1.165, 1.54) is 37.1 Å². The first-order valence-corrected chi connectivity index (χ1v) is 9.04. The van der Waals surface area contributed by atoms with Gasteiger partial charge in [0, 0.05) is 4.47 Å². The smallest absolute Gasteiger partial charge is 0.0332 e. The van der Waals surface area contributed by atoms with Crippen molar-refractivity contribution in [3.05, 3.63) is 58.1 Å². The van der Waals surface area contributed by atoms with Gasteiger partial charge in [-0.05, 0) is 77.6 Å². The molecule has 0 aliphatic rings. The van der Waals surface area contributed by atoms with Crippen LogP contribution in [0.5, 0.6) is 0 Å². The quantitative estimate of drug-likeness (QED) is 0.363. The number of benzene rings is 3.